The number of carbonyl (C=O) groups is 2. The third-order valence-corrected chi connectivity index (χ3v) is 3.81. The molecular formula is C20H40N2O6. The Bertz CT molecular complexity index is 380. The van der Waals surface area contributed by atoms with Crippen molar-refractivity contribution in [3.8, 4) is 0 Å². The molecule has 2 N–H and O–H groups in total. The number of hydrogen-bond acceptors (Lipinski definition) is 6. The van der Waals surface area contributed by atoms with Crippen LogP contribution in [0.2, 0.25) is 0 Å². The number of ether oxygens (including phenoxy) is 3. The molecule has 0 spiro atoms. The van der Waals surface area contributed by atoms with E-state index >= 15 is 0 Å². The predicted molar refractivity (Wildman–Crippen MR) is 108 cm³/mol. The highest BCUT2D eigenvalue weighted by Gasteiger charge is 2.04. The fourth-order valence-corrected chi connectivity index (χ4v) is 2.16. The molecule has 0 saturated carbocycles. The number of carbonyl (C=O) groups excluding carboxylic acids is 2. The standard InChI is InChI=1S/C20H40N2O6/c1-4-28-22-19(23)10-6-9-13-26-15-17-27-16-14-25-12-8-5-7-11-21-20(24)18(2)3/h18H,4-17H2,1-3H3,(H,21,24)(H,22,23). The molecule has 0 aliphatic rings. The Kier molecular flexibility index (Phi) is 19.6. The number of hydrogen-bond donors (Lipinski definition) is 2. The molecule has 2 amide bonds. The van der Waals surface area contributed by atoms with Gasteiger partial charge >= 0.3 is 0 Å². The number of nitrogens with one attached hydrogen (secondary N) is 2. The van der Waals surface area contributed by atoms with Gasteiger partial charge in [-0.1, -0.05) is 13.8 Å². The zero-order valence-corrected chi connectivity index (χ0v) is 17.9. The second kappa shape index (κ2) is 20.5. The average Bonchev–Trinajstić information content (AvgIpc) is 2.68. The first kappa shape index (κ1) is 26.8. The zero-order valence-electron chi connectivity index (χ0n) is 17.9. The summed E-state index contributed by atoms with van der Waals surface area (Å²) in [6.07, 6.45) is 5.07. The zero-order chi connectivity index (χ0) is 20.9. The first-order valence-electron chi connectivity index (χ1n) is 10.5. The van der Waals surface area contributed by atoms with Crippen molar-refractivity contribution in [2.75, 3.05) is 52.8 Å². The highest BCUT2D eigenvalue weighted by atomic mass is 16.6. The van der Waals surface area contributed by atoms with E-state index in [1.165, 1.54) is 0 Å². The van der Waals surface area contributed by atoms with E-state index in [9.17, 15) is 9.59 Å². The number of unbranched alkanes of at least 4 members (excludes halogenated alkanes) is 3. The molecule has 8 heteroatoms. The summed E-state index contributed by atoms with van der Waals surface area (Å²) in [5.41, 5.74) is 2.37. The molecule has 0 atom stereocenters. The molecule has 0 fully saturated rings. The van der Waals surface area contributed by atoms with Crippen molar-refractivity contribution >= 4 is 11.8 Å². The summed E-state index contributed by atoms with van der Waals surface area (Å²) in [6, 6.07) is 0. The van der Waals surface area contributed by atoms with Crippen molar-refractivity contribution in [1.29, 1.82) is 0 Å². The molecule has 0 unspecified atom stereocenters. The van der Waals surface area contributed by atoms with Crippen LogP contribution in [0.3, 0.4) is 0 Å². The number of amides is 2. The van der Waals surface area contributed by atoms with Crippen LogP contribution in [0.25, 0.3) is 0 Å². The Balaban J connectivity index is 3.12. The number of rotatable bonds is 20. The van der Waals surface area contributed by atoms with Gasteiger partial charge in [0.1, 0.15) is 0 Å². The Morgan fingerprint density at radius 2 is 1.36 bits per heavy atom. The summed E-state index contributed by atoms with van der Waals surface area (Å²) in [7, 11) is 0. The molecule has 28 heavy (non-hydrogen) atoms. The lowest BCUT2D eigenvalue weighted by atomic mass is 10.2. The molecule has 0 heterocycles. The van der Waals surface area contributed by atoms with Crippen LogP contribution in [0.15, 0.2) is 0 Å². The van der Waals surface area contributed by atoms with Gasteiger partial charge in [0.2, 0.25) is 11.8 Å². The van der Waals surface area contributed by atoms with E-state index in [4.69, 9.17) is 19.0 Å². The smallest absolute Gasteiger partial charge is 0.243 e. The molecule has 8 nitrogen and oxygen atoms in total. The first-order chi connectivity index (χ1) is 13.6. The van der Waals surface area contributed by atoms with Crippen LogP contribution >= 0.6 is 0 Å². The van der Waals surface area contributed by atoms with Gasteiger partial charge in [0, 0.05) is 32.1 Å². The Hall–Kier alpha value is -1.22. The van der Waals surface area contributed by atoms with Crippen molar-refractivity contribution in [2.24, 2.45) is 5.92 Å². The van der Waals surface area contributed by atoms with Crippen LogP contribution < -0.4 is 10.8 Å². The molecule has 0 aromatic carbocycles. The maximum atomic E-state index is 11.4. The summed E-state index contributed by atoms with van der Waals surface area (Å²) >= 11 is 0. The SMILES string of the molecule is CCONC(=O)CCCCOCCOCCOCCCCCNC(=O)C(C)C. The van der Waals surface area contributed by atoms with E-state index < -0.39 is 0 Å². The molecule has 0 saturated heterocycles. The number of hydroxylamine groups is 1. The van der Waals surface area contributed by atoms with E-state index in [1.54, 1.807) is 0 Å². The Labute approximate surface area is 170 Å². The monoisotopic (exact) mass is 404 g/mol. The van der Waals surface area contributed by atoms with Crippen LogP contribution in [0.4, 0.5) is 0 Å². The van der Waals surface area contributed by atoms with Crippen LogP contribution in [-0.4, -0.2) is 64.6 Å². The van der Waals surface area contributed by atoms with E-state index in [2.05, 4.69) is 10.8 Å². The normalized spacial score (nSPS) is 11.0. The van der Waals surface area contributed by atoms with Gasteiger partial charge in [-0.15, -0.1) is 0 Å². The van der Waals surface area contributed by atoms with Gasteiger partial charge in [-0.3, -0.25) is 14.4 Å². The fraction of sp³-hybridized carbons (Fsp3) is 0.900. The van der Waals surface area contributed by atoms with E-state index in [0.717, 1.165) is 45.3 Å². The van der Waals surface area contributed by atoms with Crippen molar-refractivity contribution in [3.63, 3.8) is 0 Å². The summed E-state index contributed by atoms with van der Waals surface area (Å²) in [4.78, 5) is 27.5. The maximum Gasteiger partial charge on any atom is 0.243 e. The van der Waals surface area contributed by atoms with Crippen LogP contribution in [0, 0.1) is 5.92 Å². The Morgan fingerprint density at radius 1 is 0.786 bits per heavy atom. The van der Waals surface area contributed by atoms with Crippen molar-refractivity contribution in [1.82, 2.24) is 10.8 Å². The first-order valence-corrected chi connectivity index (χ1v) is 10.5. The molecule has 0 bridgehead atoms. The summed E-state index contributed by atoms with van der Waals surface area (Å²) < 4.78 is 16.4. The van der Waals surface area contributed by atoms with E-state index in [1.807, 2.05) is 20.8 Å². The van der Waals surface area contributed by atoms with Crippen molar-refractivity contribution in [3.05, 3.63) is 0 Å². The lowest BCUT2D eigenvalue weighted by molar-refractivity contribution is -0.133. The summed E-state index contributed by atoms with van der Waals surface area (Å²) in [6.45, 7) is 10.4. The van der Waals surface area contributed by atoms with Gasteiger partial charge in [-0.25, -0.2) is 5.48 Å². The van der Waals surface area contributed by atoms with Gasteiger partial charge in [0.25, 0.3) is 0 Å². The van der Waals surface area contributed by atoms with Crippen LogP contribution in [0.5, 0.6) is 0 Å². The van der Waals surface area contributed by atoms with E-state index in [0.29, 0.717) is 46.1 Å². The summed E-state index contributed by atoms with van der Waals surface area (Å²) in [5.74, 6) is 0.0678. The van der Waals surface area contributed by atoms with Crippen molar-refractivity contribution in [2.45, 2.75) is 59.3 Å². The highest BCUT2D eigenvalue weighted by Crippen LogP contribution is 1.97. The summed E-state index contributed by atoms with van der Waals surface area (Å²) in [5, 5.41) is 2.91. The van der Waals surface area contributed by atoms with Gasteiger partial charge in [-0.05, 0) is 39.0 Å². The Morgan fingerprint density at radius 3 is 1.93 bits per heavy atom. The third-order valence-electron chi connectivity index (χ3n) is 3.81. The highest BCUT2D eigenvalue weighted by molar-refractivity contribution is 5.77. The van der Waals surface area contributed by atoms with E-state index in [-0.39, 0.29) is 17.7 Å². The van der Waals surface area contributed by atoms with Crippen LogP contribution in [-0.2, 0) is 28.6 Å². The molecule has 0 radical (unpaired) electrons. The fourth-order valence-electron chi connectivity index (χ4n) is 2.16. The topological polar surface area (TPSA) is 95.1 Å². The second-order valence-corrected chi connectivity index (χ2v) is 6.76. The molecule has 0 aliphatic carbocycles. The average molecular weight is 405 g/mol. The molecule has 0 aliphatic heterocycles. The maximum absolute atomic E-state index is 11.4. The predicted octanol–water partition coefficient (Wildman–Crippen LogP) is 2.22. The van der Waals surface area contributed by atoms with Crippen LogP contribution in [0.1, 0.15) is 59.3 Å². The molecule has 0 aromatic heterocycles. The minimum atomic E-state index is -0.0944. The minimum Gasteiger partial charge on any atom is -0.379 e. The molecular weight excluding hydrogens is 364 g/mol. The van der Waals surface area contributed by atoms with Crippen molar-refractivity contribution < 1.29 is 28.6 Å². The quantitative estimate of drug-likeness (QED) is 0.239. The molecule has 0 aromatic rings. The lowest BCUT2D eigenvalue weighted by Gasteiger charge is -2.08. The third kappa shape index (κ3) is 19.5. The van der Waals surface area contributed by atoms with Gasteiger partial charge < -0.3 is 19.5 Å². The lowest BCUT2D eigenvalue weighted by Crippen LogP contribution is -2.28. The molecule has 166 valence electrons. The largest absolute Gasteiger partial charge is 0.379 e. The van der Waals surface area contributed by atoms with Gasteiger partial charge in [0.15, 0.2) is 0 Å². The minimum absolute atomic E-state index is 0.0489. The van der Waals surface area contributed by atoms with Gasteiger partial charge in [-0.2, -0.15) is 0 Å². The van der Waals surface area contributed by atoms with Gasteiger partial charge in [0.05, 0.1) is 33.0 Å². The second-order valence-electron chi connectivity index (χ2n) is 6.76. The molecule has 0 rings (SSSR count).